The Kier molecular flexibility index (Phi) is 4.23. The predicted molar refractivity (Wildman–Crippen MR) is 79.3 cm³/mol. The summed E-state index contributed by atoms with van der Waals surface area (Å²) < 4.78 is 6.75. The van der Waals surface area contributed by atoms with E-state index in [9.17, 15) is 9.59 Å². The summed E-state index contributed by atoms with van der Waals surface area (Å²) in [6.07, 6.45) is 0. The molecule has 2 heterocycles. The molecule has 0 bridgehead atoms. The molecule has 0 saturated carbocycles. The van der Waals surface area contributed by atoms with Gasteiger partial charge in [0.15, 0.2) is 0 Å². The molecule has 0 spiro atoms. The van der Waals surface area contributed by atoms with Gasteiger partial charge in [0, 0.05) is 10.3 Å². The third-order valence-electron chi connectivity index (χ3n) is 2.92. The number of nitrogens with zero attached hydrogens (tertiary/aromatic N) is 2. The first-order valence-corrected chi connectivity index (χ1v) is 7.42. The number of aromatic nitrogens is 2. The fraction of sp³-hybridized carbons (Fsp3) is 0.500. The highest BCUT2D eigenvalue weighted by molar-refractivity contribution is 7.18. The van der Waals surface area contributed by atoms with E-state index < -0.39 is 5.97 Å². The molecule has 20 heavy (non-hydrogen) atoms. The minimum Gasteiger partial charge on any atom is -0.465 e. The molecule has 5 nitrogen and oxygen atoms in total. The van der Waals surface area contributed by atoms with E-state index in [0.29, 0.717) is 11.3 Å². The molecule has 6 heteroatoms. The van der Waals surface area contributed by atoms with Gasteiger partial charge in [-0.05, 0) is 25.8 Å². The molecule has 0 radical (unpaired) electrons. The number of fused-ring (bicyclic) bond motifs is 1. The van der Waals surface area contributed by atoms with Gasteiger partial charge in [0.1, 0.15) is 11.2 Å². The third kappa shape index (κ3) is 2.75. The minimum atomic E-state index is -0.440. The normalized spacial score (nSPS) is 11.2. The van der Waals surface area contributed by atoms with Gasteiger partial charge in [0.25, 0.3) is 5.56 Å². The van der Waals surface area contributed by atoms with Crippen molar-refractivity contribution in [3.63, 3.8) is 0 Å². The van der Waals surface area contributed by atoms with E-state index in [1.165, 1.54) is 16.0 Å². The Hall–Kier alpha value is -1.69. The summed E-state index contributed by atoms with van der Waals surface area (Å²) in [6, 6.07) is 1.98. The van der Waals surface area contributed by atoms with E-state index in [1.807, 2.05) is 26.8 Å². The Morgan fingerprint density at radius 2 is 2.20 bits per heavy atom. The van der Waals surface area contributed by atoms with E-state index >= 15 is 0 Å². The highest BCUT2D eigenvalue weighted by Crippen LogP contribution is 2.27. The van der Waals surface area contributed by atoms with Crippen molar-refractivity contribution >= 4 is 27.4 Å². The molecule has 0 unspecified atom stereocenters. The summed E-state index contributed by atoms with van der Waals surface area (Å²) >= 11 is 1.44. The summed E-state index contributed by atoms with van der Waals surface area (Å²) in [5.74, 6) is -0.259. The van der Waals surface area contributed by atoms with Crippen molar-refractivity contribution in [2.24, 2.45) is 0 Å². The lowest BCUT2D eigenvalue weighted by atomic mass is 10.1. The number of esters is 1. The van der Waals surface area contributed by atoms with E-state index in [0.717, 1.165) is 16.0 Å². The number of hydrogen-bond donors (Lipinski definition) is 0. The Morgan fingerprint density at radius 1 is 1.50 bits per heavy atom. The molecule has 0 aliphatic rings. The molecule has 0 fully saturated rings. The minimum absolute atomic E-state index is 0.140. The second-order valence-electron chi connectivity index (χ2n) is 4.91. The monoisotopic (exact) mass is 294 g/mol. The van der Waals surface area contributed by atoms with Crippen LogP contribution in [0.1, 0.15) is 37.3 Å². The molecule has 0 aliphatic carbocycles. The van der Waals surface area contributed by atoms with Crippen molar-refractivity contribution < 1.29 is 9.53 Å². The van der Waals surface area contributed by atoms with Crippen LogP contribution in [-0.4, -0.2) is 22.4 Å². The Labute approximate surface area is 121 Å². The van der Waals surface area contributed by atoms with E-state index in [4.69, 9.17) is 4.74 Å². The highest BCUT2D eigenvalue weighted by atomic mass is 32.1. The van der Waals surface area contributed by atoms with Crippen LogP contribution in [0.3, 0.4) is 0 Å². The van der Waals surface area contributed by atoms with Crippen LogP contribution in [0.5, 0.6) is 0 Å². The van der Waals surface area contributed by atoms with Crippen LogP contribution in [0.25, 0.3) is 10.1 Å². The molecule has 0 aromatic carbocycles. The second kappa shape index (κ2) is 5.75. The molecular formula is C14H18N2O3S. The van der Waals surface area contributed by atoms with Gasteiger partial charge < -0.3 is 4.74 Å². The molecule has 2 aromatic heterocycles. The number of hydrogen-bond acceptors (Lipinski definition) is 5. The molecular weight excluding hydrogens is 276 g/mol. The molecule has 0 amide bonds. The average Bonchev–Trinajstić information content (AvgIpc) is 2.74. The third-order valence-corrected chi connectivity index (χ3v) is 3.96. The van der Waals surface area contributed by atoms with Crippen LogP contribution < -0.4 is 5.56 Å². The number of carbonyl (C=O) groups is 1. The first kappa shape index (κ1) is 14.7. The molecule has 0 aliphatic heterocycles. The smallest absolute Gasteiger partial charge is 0.327 e. The van der Waals surface area contributed by atoms with Crippen molar-refractivity contribution in [2.45, 2.75) is 40.2 Å². The maximum atomic E-state index is 12.4. The van der Waals surface area contributed by atoms with Crippen LogP contribution in [0.15, 0.2) is 10.9 Å². The topological polar surface area (TPSA) is 61.2 Å². The molecule has 2 aromatic rings. The summed E-state index contributed by atoms with van der Waals surface area (Å²) in [4.78, 5) is 25.0. The molecule has 0 saturated heterocycles. The summed E-state index contributed by atoms with van der Waals surface area (Å²) in [5.41, 5.74) is 0.615. The van der Waals surface area contributed by atoms with E-state index in [-0.39, 0.29) is 18.0 Å². The average molecular weight is 294 g/mol. The predicted octanol–water partition coefficient (Wildman–Crippen LogP) is 2.45. The maximum absolute atomic E-state index is 12.4. The van der Waals surface area contributed by atoms with Crippen molar-refractivity contribution in [2.75, 3.05) is 6.61 Å². The van der Waals surface area contributed by atoms with Gasteiger partial charge in [-0.15, -0.1) is 11.3 Å². The number of ether oxygens (including phenoxy) is 1. The molecule has 0 N–H and O–H groups in total. The van der Waals surface area contributed by atoms with Crippen molar-refractivity contribution in [1.82, 2.24) is 9.78 Å². The van der Waals surface area contributed by atoms with Crippen molar-refractivity contribution in [3.8, 4) is 0 Å². The number of thiophene rings is 1. The largest absolute Gasteiger partial charge is 0.465 e. The lowest BCUT2D eigenvalue weighted by molar-refractivity contribution is -0.144. The van der Waals surface area contributed by atoms with Gasteiger partial charge in [-0.1, -0.05) is 13.8 Å². The quantitative estimate of drug-likeness (QED) is 0.813. The van der Waals surface area contributed by atoms with E-state index in [1.54, 1.807) is 6.92 Å². The molecule has 2 rings (SSSR count). The highest BCUT2D eigenvalue weighted by Gasteiger charge is 2.17. The van der Waals surface area contributed by atoms with Crippen LogP contribution >= 0.6 is 11.3 Å². The first-order valence-electron chi connectivity index (χ1n) is 6.60. The standard InChI is InChI=1S/C14H18N2O3S/c1-5-19-11(17)7-16-14(18)13-10(6-9(4)20-13)12(15-16)8(2)3/h6,8H,5,7H2,1-4H3. The zero-order valence-corrected chi connectivity index (χ0v) is 12.9. The van der Waals surface area contributed by atoms with Gasteiger partial charge in [-0.25, -0.2) is 4.68 Å². The van der Waals surface area contributed by atoms with Gasteiger partial charge in [0.05, 0.1) is 12.3 Å². The lowest BCUT2D eigenvalue weighted by Gasteiger charge is -2.10. The lowest BCUT2D eigenvalue weighted by Crippen LogP contribution is -2.28. The fourth-order valence-electron chi connectivity index (χ4n) is 2.07. The van der Waals surface area contributed by atoms with Gasteiger partial charge in [-0.2, -0.15) is 5.10 Å². The second-order valence-corrected chi connectivity index (χ2v) is 6.16. The van der Waals surface area contributed by atoms with Crippen LogP contribution in [-0.2, 0) is 16.1 Å². The van der Waals surface area contributed by atoms with Gasteiger partial charge in [0.2, 0.25) is 0 Å². The van der Waals surface area contributed by atoms with Gasteiger partial charge >= 0.3 is 5.97 Å². The Balaban J connectivity index is 2.58. The molecule has 108 valence electrons. The van der Waals surface area contributed by atoms with Crippen LogP contribution in [0.4, 0.5) is 0 Å². The first-order chi connectivity index (χ1) is 9.43. The zero-order valence-electron chi connectivity index (χ0n) is 12.1. The summed E-state index contributed by atoms with van der Waals surface area (Å²) in [5, 5.41) is 5.24. The van der Waals surface area contributed by atoms with Crippen LogP contribution in [0, 0.1) is 6.92 Å². The number of aryl methyl sites for hydroxylation is 1. The van der Waals surface area contributed by atoms with E-state index in [2.05, 4.69) is 5.10 Å². The SMILES string of the molecule is CCOC(=O)Cn1nc(C(C)C)c2cc(C)sc2c1=O. The fourth-order valence-corrected chi connectivity index (χ4v) is 3.04. The zero-order chi connectivity index (χ0) is 14.9. The number of rotatable bonds is 4. The molecule has 0 atom stereocenters. The van der Waals surface area contributed by atoms with Crippen molar-refractivity contribution in [1.29, 1.82) is 0 Å². The summed E-state index contributed by atoms with van der Waals surface area (Å²) in [6.45, 7) is 7.90. The maximum Gasteiger partial charge on any atom is 0.327 e. The Bertz CT molecular complexity index is 700. The van der Waals surface area contributed by atoms with Crippen LogP contribution in [0.2, 0.25) is 0 Å². The summed E-state index contributed by atoms with van der Waals surface area (Å²) in [7, 11) is 0. The Morgan fingerprint density at radius 3 is 2.80 bits per heavy atom. The van der Waals surface area contributed by atoms with Gasteiger partial charge in [-0.3, -0.25) is 9.59 Å². The number of carbonyl (C=O) groups excluding carboxylic acids is 1. The van der Waals surface area contributed by atoms with Crippen molar-refractivity contribution in [3.05, 3.63) is 27.0 Å².